The van der Waals surface area contributed by atoms with E-state index in [9.17, 15) is 13.2 Å². The summed E-state index contributed by atoms with van der Waals surface area (Å²) >= 11 is 0. The van der Waals surface area contributed by atoms with Crippen LogP contribution in [-0.2, 0) is 21.2 Å². The molecule has 0 spiro atoms. The van der Waals surface area contributed by atoms with E-state index in [0.29, 0.717) is 6.42 Å². The van der Waals surface area contributed by atoms with Gasteiger partial charge in [-0.2, -0.15) is 9.82 Å². The Hall–Kier alpha value is -2.19. The third-order valence-corrected chi connectivity index (χ3v) is 4.38. The zero-order valence-corrected chi connectivity index (χ0v) is 11.9. The number of benzene rings is 1. The summed E-state index contributed by atoms with van der Waals surface area (Å²) in [6.07, 6.45) is 2.94. The molecule has 0 aliphatic heterocycles. The third kappa shape index (κ3) is 4.14. The summed E-state index contributed by atoms with van der Waals surface area (Å²) < 4.78 is 26.1. The number of carboxylic acids is 1. The zero-order chi connectivity index (χ0) is 15.3. The van der Waals surface area contributed by atoms with E-state index in [2.05, 4.69) is 14.9 Å². The van der Waals surface area contributed by atoms with Gasteiger partial charge in [0, 0.05) is 6.20 Å². The molecule has 0 saturated carbocycles. The first-order chi connectivity index (χ1) is 9.99. The first-order valence-electron chi connectivity index (χ1n) is 6.27. The molecule has 2 aromatic rings. The highest BCUT2D eigenvalue weighted by Crippen LogP contribution is 2.10. The number of rotatable bonds is 7. The molecule has 2 rings (SSSR count). The van der Waals surface area contributed by atoms with Gasteiger partial charge in [-0.05, 0) is 18.4 Å². The van der Waals surface area contributed by atoms with Crippen LogP contribution in [0.2, 0.25) is 0 Å². The maximum Gasteiger partial charge on any atom is 0.321 e. The number of sulfonamides is 1. The number of hydrogen-bond donors (Lipinski definition) is 3. The fourth-order valence-corrected chi connectivity index (χ4v) is 2.96. The van der Waals surface area contributed by atoms with Gasteiger partial charge < -0.3 is 5.11 Å². The predicted molar refractivity (Wildman–Crippen MR) is 75.1 cm³/mol. The van der Waals surface area contributed by atoms with E-state index >= 15 is 0 Å². The van der Waals surface area contributed by atoms with Crippen LogP contribution < -0.4 is 4.72 Å². The molecule has 3 N–H and O–H groups in total. The molecule has 21 heavy (non-hydrogen) atoms. The van der Waals surface area contributed by atoms with E-state index in [-0.39, 0.29) is 11.3 Å². The molecule has 1 aromatic heterocycles. The molecule has 0 aliphatic rings. The molecule has 1 atom stereocenters. The van der Waals surface area contributed by atoms with Gasteiger partial charge in [0.25, 0.3) is 0 Å². The maximum absolute atomic E-state index is 12.0. The summed E-state index contributed by atoms with van der Waals surface area (Å²) in [6.45, 7) is 0. The van der Waals surface area contributed by atoms with Crippen LogP contribution in [-0.4, -0.2) is 35.7 Å². The number of hydrogen-bond acceptors (Lipinski definition) is 4. The van der Waals surface area contributed by atoms with E-state index in [4.69, 9.17) is 5.11 Å². The Morgan fingerprint density at radius 1 is 1.33 bits per heavy atom. The van der Waals surface area contributed by atoms with Crippen molar-refractivity contribution in [2.75, 3.05) is 0 Å². The largest absolute Gasteiger partial charge is 0.480 e. The molecule has 1 aromatic carbocycles. The second-order valence-electron chi connectivity index (χ2n) is 4.47. The number of aryl methyl sites for hydroxylation is 1. The molecule has 112 valence electrons. The number of aromatic amines is 1. The minimum Gasteiger partial charge on any atom is -0.480 e. The van der Waals surface area contributed by atoms with Gasteiger partial charge in [-0.3, -0.25) is 9.89 Å². The highest BCUT2D eigenvalue weighted by molar-refractivity contribution is 7.89. The van der Waals surface area contributed by atoms with E-state index in [1.165, 1.54) is 6.20 Å². The standard InChI is InChI=1S/C13H15N3O4S/c17-13(18)12(7-6-10-4-2-1-3-5-10)16-21(19,20)11-8-14-15-9-11/h1-5,8-9,12,16H,6-7H2,(H,14,15)(H,17,18). The summed E-state index contributed by atoms with van der Waals surface area (Å²) in [4.78, 5) is 11.1. The number of carboxylic acid groups (broad SMARTS) is 1. The van der Waals surface area contributed by atoms with Crippen molar-refractivity contribution in [1.82, 2.24) is 14.9 Å². The van der Waals surface area contributed by atoms with Crippen molar-refractivity contribution in [3.05, 3.63) is 48.3 Å². The summed E-state index contributed by atoms with van der Waals surface area (Å²) in [5, 5.41) is 15.1. The van der Waals surface area contributed by atoms with E-state index in [1.54, 1.807) is 0 Å². The van der Waals surface area contributed by atoms with Crippen molar-refractivity contribution >= 4 is 16.0 Å². The molecule has 0 radical (unpaired) electrons. The highest BCUT2D eigenvalue weighted by atomic mass is 32.2. The second-order valence-corrected chi connectivity index (χ2v) is 6.18. The summed E-state index contributed by atoms with van der Waals surface area (Å²) in [5.74, 6) is -1.21. The summed E-state index contributed by atoms with van der Waals surface area (Å²) in [7, 11) is -3.89. The van der Waals surface area contributed by atoms with Crippen molar-refractivity contribution in [2.24, 2.45) is 0 Å². The van der Waals surface area contributed by atoms with Gasteiger partial charge in [-0.15, -0.1) is 0 Å². The normalized spacial score (nSPS) is 13.0. The average molecular weight is 309 g/mol. The molecule has 8 heteroatoms. The van der Waals surface area contributed by atoms with Crippen LogP contribution in [0.4, 0.5) is 0 Å². The van der Waals surface area contributed by atoms with Gasteiger partial charge in [-0.25, -0.2) is 8.42 Å². The van der Waals surface area contributed by atoms with E-state index in [0.717, 1.165) is 11.8 Å². The Morgan fingerprint density at radius 3 is 2.62 bits per heavy atom. The predicted octanol–water partition coefficient (Wildman–Crippen LogP) is 0.774. The Kier molecular flexibility index (Phi) is 4.71. The van der Waals surface area contributed by atoms with Gasteiger partial charge in [0.1, 0.15) is 10.9 Å². The monoisotopic (exact) mass is 309 g/mol. The SMILES string of the molecule is O=C(O)C(CCc1ccccc1)NS(=O)(=O)c1cn[nH]c1. The van der Waals surface area contributed by atoms with Gasteiger partial charge in [-0.1, -0.05) is 30.3 Å². The molecule has 0 fully saturated rings. The number of aromatic nitrogens is 2. The van der Waals surface area contributed by atoms with Crippen molar-refractivity contribution in [1.29, 1.82) is 0 Å². The van der Waals surface area contributed by atoms with Crippen molar-refractivity contribution in [3.8, 4) is 0 Å². The molecular weight excluding hydrogens is 294 g/mol. The number of aliphatic carboxylic acids is 1. The summed E-state index contributed by atoms with van der Waals surface area (Å²) in [6, 6.07) is 8.10. The molecule has 0 amide bonds. The molecule has 7 nitrogen and oxygen atoms in total. The molecule has 0 aliphatic carbocycles. The lowest BCUT2D eigenvalue weighted by Crippen LogP contribution is -2.40. The molecule has 1 heterocycles. The van der Waals surface area contributed by atoms with Gasteiger partial charge >= 0.3 is 5.97 Å². The lowest BCUT2D eigenvalue weighted by Gasteiger charge is -2.14. The molecule has 0 saturated heterocycles. The third-order valence-electron chi connectivity index (χ3n) is 2.94. The first kappa shape index (κ1) is 15.2. The van der Waals surface area contributed by atoms with Crippen LogP contribution in [0.15, 0.2) is 47.6 Å². The van der Waals surface area contributed by atoms with Gasteiger partial charge in [0.15, 0.2) is 0 Å². The molecular formula is C13H15N3O4S. The zero-order valence-electron chi connectivity index (χ0n) is 11.1. The minimum absolute atomic E-state index is 0.0894. The molecule has 0 bridgehead atoms. The summed E-state index contributed by atoms with van der Waals surface area (Å²) in [5.41, 5.74) is 0.950. The lowest BCUT2D eigenvalue weighted by atomic mass is 10.1. The van der Waals surface area contributed by atoms with Crippen molar-refractivity contribution in [2.45, 2.75) is 23.8 Å². The Balaban J connectivity index is 2.05. The van der Waals surface area contributed by atoms with E-state index in [1.807, 2.05) is 30.3 Å². The highest BCUT2D eigenvalue weighted by Gasteiger charge is 2.25. The topological polar surface area (TPSA) is 112 Å². The number of carbonyl (C=O) groups is 1. The second kappa shape index (κ2) is 6.51. The van der Waals surface area contributed by atoms with Gasteiger partial charge in [0.05, 0.1) is 6.20 Å². The fraction of sp³-hybridized carbons (Fsp3) is 0.231. The van der Waals surface area contributed by atoms with Crippen LogP contribution in [0.5, 0.6) is 0 Å². The molecule has 1 unspecified atom stereocenters. The Labute approximate surface area is 122 Å². The smallest absolute Gasteiger partial charge is 0.321 e. The number of H-pyrrole nitrogens is 1. The van der Waals surface area contributed by atoms with Crippen LogP contribution >= 0.6 is 0 Å². The Bertz CT molecular complexity index is 683. The lowest BCUT2D eigenvalue weighted by molar-refractivity contribution is -0.139. The number of nitrogens with one attached hydrogen (secondary N) is 2. The Morgan fingerprint density at radius 2 is 2.05 bits per heavy atom. The van der Waals surface area contributed by atoms with Crippen LogP contribution in [0, 0.1) is 0 Å². The van der Waals surface area contributed by atoms with Crippen LogP contribution in [0.3, 0.4) is 0 Å². The fourth-order valence-electron chi connectivity index (χ4n) is 1.83. The average Bonchev–Trinajstić information content (AvgIpc) is 2.99. The first-order valence-corrected chi connectivity index (χ1v) is 7.75. The maximum atomic E-state index is 12.0. The quantitative estimate of drug-likeness (QED) is 0.699. The van der Waals surface area contributed by atoms with Crippen LogP contribution in [0.25, 0.3) is 0 Å². The number of nitrogens with zero attached hydrogens (tertiary/aromatic N) is 1. The van der Waals surface area contributed by atoms with Crippen LogP contribution in [0.1, 0.15) is 12.0 Å². The minimum atomic E-state index is -3.89. The van der Waals surface area contributed by atoms with Crippen molar-refractivity contribution < 1.29 is 18.3 Å². The van der Waals surface area contributed by atoms with Crippen molar-refractivity contribution in [3.63, 3.8) is 0 Å². The van der Waals surface area contributed by atoms with E-state index < -0.39 is 22.0 Å². The van der Waals surface area contributed by atoms with Gasteiger partial charge in [0.2, 0.25) is 10.0 Å².